The van der Waals surface area contributed by atoms with Gasteiger partial charge in [-0.25, -0.2) is 0 Å². The quantitative estimate of drug-likeness (QED) is 0.772. The van der Waals surface area contributed by atoms with E-state index in [4.69, 9.17) is 10.5 Å². The fourth-order valence-electron chi connectivity index (χ4n) is 1.43. The average Bonchev–Trinajstić information content (AvgIpc) is 2.29. The maximum Gasteiger partial charge on any atom is 0.224 e. The van der Waals surface area contributed by atoms with Gasteiger partial charge in [0.25, 0.3) is 0 Å². The normalized spacial score (nSPS) is 10.4. The monoisotopic (exact) mass is 236 g/mol. The molecule has 0 spiro atoms. The molecular formula is C13H20N2O2. The van der Waals surface area contributed by atoms with E-state index in [2.05, 4.69) is 19.2 Å². The Kier molecular flexibility index (Phi) is 4.82. The van der Waals surface area contributed by atoms with Gasteiger partial charge in [-0.3, -0.25) is 4.79 Å². The summed E-state index contributed by atoms with van der Waals surface area (Å²) in [7, 11) is 1.55. The van der Waals surface area contributed by atoms with Gasteiger partial charge < -0.3 is 15.8 Å². The smallest absolute Gasteiger partial charge is 0.224 e. The second kappa shape index (κ2) is 6.13. The number of nitrogens with one attached hydrogen (secondary N) is 1. The highest BCUT2D eigenvalue weighted by atomic mass is 16.5. The number of benzene rings is 1. The summed E-state index contributed by atoms with van der Waals surface area (Å²) < 4.78 is 5.09. The van der Waals surface area contributed by atoms with Crippen LogP contribution in [-0.4, -0.2) is 13.0 Å². The van der Waals surface area contributed by atoms with Crippen molar-refractivity contribution in [2.45, 2.75) is 26.7 Å². The fourth-order valence-corrected chi connectivity index (χ4v) is 1.43. The van der Waals surface area contributed by atoms with Crippen LogP contribution in [0.3, 0.4) is 0 Å². The van der Waals surface area contributed by atoms with Crippen molar-refractivity contribution in [1.29, 1.82) is 0 Å². The van der Waals surface area contributed by atoms with E-state index in [9.17, 15) is 4.79 Å². The lowest BCUT2D eigenvalue weighted by Gasteiger charge is -2.09. The summed E-state index contributed by atoms with van der Waals surface area (Å²) in [5.74, 6) is 1.12. The summed E-state index contributed by atoms with van der Waals surface area (Å²) >= 11 is 0. The van der Waals surface area contributed by atoms with Crippen molar-refractivity contribution in [3.63, 3.8) is 0 Å². The van der Waals surface area contributed by atoms with Gasteiger partial charge in [0.1, 0.15) is 5.75 Å². The molecule has 0 unspecified atom stereocenters. The molecule has 1 amide bonds. The molecule has 4 nitrogen and oxygen atoms in total. The minimum atomic E-state index is 0.0190. The fraction of sp³-hybridized carbons (Fsp3) is 0.462. The second-order valence-electron chi connectivity index (χ2n) is 4.44. The van der Waals surface area contributed by atoms with Gasteiger partial charge >= 0.3 is 0 Å². The van der Waals surface area contributed by atoms with E-state index in [0.717, 1.165) is 6.42 Å². The molecule has 17 heavy (non-hydrogen) atoms. The van der Waals surface area contributed by atoms with E-state index in [1.54, 1.807) is 25.3 Å². The Morgan fingerprint density at radius 3 is 2.76 bits per heavy atom. The summed E-state index contributed by atoms with van der Waals surface area (Å²) in [4.78, 5) is 11.6. The van der Waals surface area contributed by atoms with E-state index in [1.165, 1.54) is 0 Å². The molecule has 0 aliphatic heterocycles. The maximum atomic E-state index is 11.6. The van der Waals surface area contributed by atoms with Gasteiger partial charge in [-0.2, -0.15) is 0 Å². The average molecular weight is 236 g/mol. The number of carbonyl (C=O) groups is 1. The number of anilines is 2. The summed E-state index contributed by atoms with van der Waals surface area (Å²) in [5.41, 5.74) is 6.97. The number of nitrogens with two attached hydrogens (primary N) is 1. The van der Waals surface area contributed by atoms with E-state index in [0.29, 0.717) is 29.5 Å². The highest BCUT2D eigenvalue weighted by Crippen LogP contribution is 2.25. The van der Waals surface area contributed by atoms with E-state index in [1.807, 2.05) is 0 Å². The van der Waals surface area contributed by atoms with E-state index in [-0.39, 0.29) is 5.91 Å². The van der Waals surface area contributed by atoms with Crippen LogP contribution < -0.4 is 15.8 Å². The highest BCUT2D eigenvalue weighted by Gasteiger charge is 2.06. The standard InChI is InChI=1S/C13H20N2O2/c1-9(2)4-7-13(16)15-10-5-6-11(14)12(8-10)17-3/h5-6,8-9H,4,7,14H2,1-3H3,(H,15,16). The Balaban J connectivity index is 2.59. The molecule has 94 valence electrons. The minimum Gasteiger partial charge on any atom is -0.495 e. The molecule has 4 heteroatoms. The predicted molar refractivity (Wildman–Crippen MR) is 70.1 cm³/mol. The Hall–Kier alpha value is -1.71. The van der Waals surface area contributed by atoms with Gasteiger partial charge in [-0.1, -0.05) is 13.8 Å². The van der Waals surface area contributed by atoms with Crippen LogP contribution in [0.4, 0.5) is 11.4 Å². The molecule has 0 heterocycles. The zero-order valence-corrected chi connectivity index (χ0v) is 10.6. The number of nitrogen functional groups attached to an aromatic ring is 1. The van der Waals surface area contributed by atoms with Crippen molar-refractivity contribution in [2.75, 3.05) is 18.2 Å². The van der Waals surface area contributed by atoms with Crippen LogP contribution in [0.5, 0.6) is 5.75 Å². The molecule has 1 aromatic rings. The third-order valence-electron chi connectivity index (χ3n) is 2.47. The van der Waals surface area contributed by atoms with Gasteiger partial charge in [-0.15, -0.1) is 0 Å². The Labute approximate surface area is 102 Å². The molecule has 1 aromatic carbocycles. The van der Waals surface area contributed by atoms with Crippen LogP contribution in [0.25, 0.3) is 0 Å². The van der Waals surface area contributed by atoms with Crippen molar-refractivity contribution < 1.29 is 9.53 Å². The van der Waals surface area contributed by atoms with Crippen LogP contribution in [-0.2, 0) is 4.79 Å². The molecular weight excluding hydrogens is 216 g/mol. The molecule has 0 aromatic heterocycles. The van der Waals surface area contributed by atoms with Gasteiger partial charge in [0.2, 0.25) is 5.91 Å². The van der Waals surface area contributed by atoms with Crippen LogP contribution in [0, 0.1) is 5.92 Å². The first-order valence-corrected chi connectivity index (χ1v) is 5.76. The van der Waals surface area contributed by atoms with Crippen molar-refractivity contribution >= 4 is 17.3 Å². The second-order valence-corrected chi connectivity index (χ2v) is 4.44. The van der Waals surface area contributed by atoms with Gasteiger partial charge in [0.15, 0.2) is 0 Å². The number of hydrogen-bond acceptors (Lipinski definition) is 3. The molecule has 0 saturated carbocycles. The summed E-state index contributed by atoms with van der Waals surface area (Å²) in [5, 5.41) is 2.82. The Bertz CT molecular complexity index is 389. The molecule has 0 aliphatic rings. The zero-order chi connectivity index (χ0) is 12.8. The van der Waals surface area contributed by atoms with Crippen LogP contribution in [0.2, 0.25) is 0 Å². The van der Waals surface area contributed by atoms with Crippen molar-refractivity contribution in [1.82, 2.24) is 0 Å². The van der Waals surface area contributed by atoms with E-state index < -0.39 is 0 Å². The van der Waals surface area contributed by atoms with Crippen molar-refractivity contribution in [3.8, 4) is 5.75 Å². The topological polar surface area (TPSA) is 64.3 Å². The van der Waals surface area contributed by atoms with Crippen molar-refractivity contribution in [3.05, 3.63) is 18.2 Å². The van der Waals surface area contributed by atoms with Crippen LogP contribution >= 0.6 is 0 Å². The van der Waals surface area contributed by atoms with Gasteiger partial charge in [0, 0.05) is 18.2 Å². The third kappa shape index (κ3) is 4.34. The summed E-state index contributed by atoms with van der Waals surface area (Å²) in [6.45, 7) is 4.19. The lowest BCUT2D eigenvalue weighted by atomic mass is 10.1. The summed E-state index contributed by atoms with van der Waals surface area (Å²) in [6, 6.07) is 5.21. The predicted octanol–water partition coefficient (Wildman–Crippen LogP) is 2.65. The van der Waals surface area contributed by atoms with Gasteiger partial charge in [-0.05, 0) is 24.5 Å². The summed E-state index contributed by atoms with van der Waals surface area (Å²) in [6.07, 6.45) is 1.42. The number of methoxy groups -OCH3 is 1. The highest BCUT2D eigenvalue weighted by molar-refractivity contribution is 5.91. The molecule has 3 N–H and O–H groups in total. The molecule has 1 rings (SSSR count). The number of carbonyl (C=O) groups excluding carboxylic acids is 1. The zero-order valence-electron chi connectivity index (χ0n) is 10.6. The molecule has 0 atom stereocenters. The number of hydrogen-bond donors (Lipinski definition) is 2. The molecule has 0 fully saturated rings. The first-order valence-electron chi connectivity index (χ1n) is 5.76. The minimum absolute atomic E-state index is 0.0190. The number of ether oxygens (including phenoxy) is 1. The largest absolute Gasteiger partial charge is 0.495 e. The maximum absolute atomic E-state index is 11.6. The number of amides is 1. The Morgan fingerprint density at radius 2 is 2.18 bits per heavy atom. The van der Waals surface area contributed by atoms with Crippen molar-refractivity contribution in [2.24, 2.45) is 5.92 Å². The van der Waals surface area contributed by atoms with Gasteiger partial charge in [0.05, 0.1) is 12.8 Å². The first kappa shape index (κ1) is 13.4. The molecule has 0 radical (unpaired) electrons. The van der Waals surface area contributed by atoms with Crippen LogP contribution in [0.15, 0.2) is 18.2 Å². The molecule has 0 saturated heterocycles. The Morgan fingerprint density at radius 1 is 1.47 bits per heavy atom. The molecule has 0 aliphatic carbocycles. The SMILES string of the molecule is COc1cc(NC(=O)CCC(C)C)ccc1N. The lowest BCUT2D eigenvalue weighted by molar-refractivity contribution is -0.116. The third-order valence-corrected chi connectivity index (χ3v) is 2.47. The molecule has 0 bridgehead atoms. The first-order chi connectivity index (χ1) is 8.02. The van der Waals surface area contributed by atoms with E-state index >= 15 is 0 Å². The number of rotatable bonds is 5. The van der Waals surface area contributed by atoms with Crippen LogP contribution in [0.1, 0.15) is 26.7 Å². The lowest BCUT2D eigenvalue weighted by Crippen LogP contribution is -2.12.